The fourth-order valence-electron chi connectivity index (χ4n) is 1.71. The second kappa shape index (κ2) is 4.07. The minimum atomic E-state index is -0.321. The largest absolute Gasteiger partial charge is 0.451 e. The Labute approximate surface area is 118 Å². The number of benzene rings is 2. The van der Waals surface area contributed by atoms with Crippen molar-refractivity contribution in [2.45, 2.75) is 0 Å². The van der Waals surface area contributed by atoms with Gasteiger partial charge < -0.3 is 10.2 Å². The summed E-state index contributed by atoms with van der Waals surface area (Å²) in [6.45, 7) is 0. The molecule has 2 N–H and O–H groups in total. The number of fused-ring (bicyclic) bond motifs is 2. The number of hydrogen-bond acceptors (Lipinski definition) is 4. The minimum absolute atomic E-state index is 0.145. The standard InChI is InChI=1S/C12H6Br2N2O2/c13-5-1-2-9-8(3-5)16-10-11(17)7(15)4-6(14)12(10)18-9/h1-4H,15H2. The van der Waals surface area contributed by atoms with Crippen molar-refractivity contribution in [2.75, 3.05) is 5.73 Å². The zero-order valence-corrected chi connectivity index (χ0v) is 12.1. The molecule has 0 spiro atoms. The van der Waals surface area contributed by atoms with Crippen LogP contribution in [-0.2, 0) is 0 Å². The molecule has 1 aromatic carbocycles. The summed E-state index contributed by atoms with van der Waals surface area (Å²) in [4.78, 5) is 16.2. The van der Waals surface area contributed by atoms with Crippen LogP contribution in [0.15, 0.2) is 42.4 Å². The Morgan fingerprint density at radius 2 is 2.00 bits per heavy atom. The molecule has 0 fully saturated rings. The van der Waals surface area contributed by atoms with Crippen molar-refractivity contribution in [3.05, 3.63) is 43.4 Å². The van der Waals surface area contributed by atoms with Crippen LogP contribution in [0, 0.1) is 0 Å². The lowest BCUT2D eigenvalue weighted by molar-refractivity contribution is 0.609. The Kier molecular flexibility index (Phi) is 2.64. The van der Waals surface area contributed by atoms with Gasteiger partial charge in [-0.1, -0.05) is 15.9 Å². The number of rotatable bonds is 0. The van der Waals surface area contributed by atoms with Gasteiger partial charge in [0.05, 0.1) is 10.2 Å². The van der Waals surface area contributed by atoms with Gasteiger partial charge in [0.2, 0.25) is 5.43 Å². The molecule has 6 heteroatoms. The van der Waals surface area contributed by atoms with E-state index in [4.69, 9.17) is 10.2 Å². The smallest absolute Gasteiger partial charge is 0.230 e. The Morgan fingerprint density at radius 1 is 1.22 bits per heavy atom. The molecule has 0 amide bonds. The molecule has 90 valence electrons. The molecule has 4 nitrogen and oxygen atoms in total. The highest BCUT2D eigenvalue weighted by molar-refractivity contribution is 9.10. The molecule has 2 aliphatic rings. The van der Waals surface area contributed by atoms with E-state index < -0.39 is 0 Å². The molecule has 1 aliphatic carbocycles. The van der Waals surface area contributed by atoms with E-state index in [0.717, 1.165) is 4.47 Å². The molecule has 3 rings (SSSR count). The second-order valence-electron chi connectivity index (χ2n) is 3.78. The summed E-state index contributed by atoms with van der Waals surface area (Å²) in [5.74, 6) is 0.407. The van der Waals surface area contributed by atoms with E-state index in [1.54, 1.807) is 12.1 Å². The topological polar surface area (TPSA) is 69.1 Å². The third-order valence-electron chi connectivity index (χ3n) is 2.56. The summed E-state index contributed by atoms with van der Waals surface area (Å²) in [5, 5.41) is 0. The summed E-state index contributed by atoms with van der Waals surface area (Å²) in [6, 6.07) is 6.96. The first-order valence-electron chi connectivity index (χ1n) is 5.04. The Bertz CT molecular complexity index is 798. The normalized spacial score (nSPS) is 11.2. The van der Waals surface area contributed by atoms with E-state index in [-0.39, 0.29) is 16.8 Å². The van der Waals surface area contributed by atoms with Gasteiger partial charge in [0.25, 0.3) is 0 Å². The SMILES string of the molecule is Nc1cc(Br)c2oc3ccc(Br)cc3nc-2c1=O. The van der Waals surface area contributed by atoms with Crippen molar-refractivity contribution < 1.29 is 4.42 Å². The summed E-state index contributed by atoms with van der Waals surface area (Å²) in [6.07, 6.45) is 0. The van der Waals surface area contributed by atoms with Crippen LogP contribution in [0.1, 0.15) is 0 Å². The van der Waals surface area contributed by atoms with Gasteiger partial charge in [-0.05, 0) is 40.2 Å². The van der Waals surface area contributed by atoms with Crippen molar-refractivity contribution in [3.8, 4) is 11.5 Å². The maximum absolute atomic E-state index is 11.9. The monoisotopic (exact) mass is 368 g/mol. The van der Waals surface area contributed by atoms with E-state index in [1.807, 2.05) is 6.07 Å². The van der Waals surface area contributed by atoms with Crippen LogP contribution in [0.25, 0.3) is 22.6 Å². The lowest BCUT2D eigenvalue weighted by Crippen LogP contribution is -2.13. The first-order valence-corrected chi connectivity index (χ1v) is 6.63. The molecule has 1 aliphatic heterocycles. The molecule has 0 atom stereocenters. The van der Waals surface area contributed by atoms with Crippen molar-refractivity contribution in [3.63, 3.8) is 0 Å². The third-order valence-corrected chi connectivity index (χ3v) is 3.64. The number of nitrogens with two attached hydrogens (primary N) is 1. The van der Waals surface area contributed by atoms with Gasteiger partial charge in [0.1, 0.15) is 5.52 Å². The van der Waals surface area contributed by atoms with Gasteiger partial charge in [-0.3, -0.25) is 4.79 Å². The van der Waals surface area contributed by atoms with E-state index in [9.17, 15) is 4.79 Å². The number of hydrogen-bond donors (Lipinski definition) is 1. The fraction of sp³-hybridized carbons (Fsp3) is 0. The Morgan fingerprint density at radius 3 is 2.78 bits per heavy atom. The molecular weight excluding hydrogens is 364 g/mol. The number of nitrogen functional groups attached to an aromatic ring is 1. The van der Waals surface area contributed by atoms with Gasteiger partial charge in [0.15, 0.2) is 17.0 Å². The molecular formula is C12H6Br2N2O2. The Hall–Kier alpha value is -1.40. The highest BCUT2D eigenvalue weighted by Crippen LogP contribution is 2.31. The number of nitrogens with zero attached hydrogens (tertiary/aromatic N) is 1. The highest BCUT2D eigenvalue weighted by Gasteiger charge is 2.18. The maximum Gasteiger partial charge on any atom is 0.230 e. The Balaban J connectivity index is 2.53. The van der Waals surface area contributed by atoms with Crippen molar-refractivity contribution >= 4 is 48.6 Å². The first kappa shape index (κ1) is 11.7. The van der Waals surface area contributed by atoms with Gasteiger partial charge in [-0.25, -0.2) is 4.98 Å². The van der Waals surface area contributed by atoms with Crippen LogP contribution in [-0.4, -0.2) is 4.98 Å². The summed E-state index contributed by atoms with van der Waals surface area (Å²) in [7, 11) is 0. The zero-order valence-electron chi connectivity index (χ0n) is 8.91. The van der Waals surface area contributed by atoms with E-state index in [0.29, 0.717) is 21.3 Å². The van der Waals surface area contributed by atoms with Crippen molar-refractivity contribution in [1.82, 2.24) is 4.98 Å². The maximum atomic E-state index is 11.9. The summed E-state index contributed by atoms with van der Waals surface area (Å²) >= 11 is 6.67. The predicted molar refractivity (Wildman–Crippen MR) is 76.7 cm³/mol. The van der Waals surface area contributed by atoms with Crippen LogP contribution < -0.4 is 11.2 Å². The van der Waals surface area contributed by atoms with Gasteiger partial charge in [-0.15, -0.1) is 0 Å². The predicted octanol–water partition coefficient (Wildman–Crippen LogP) is 3.40. The van der Waals surface area contributed by atoms with Crippen LogP contribution in [0.3, 0.4) is 0 Å². The van der Waals surface area contributed by atoms with Gasteiger partial charge >= 0.3 is 0 Å². The van der Waals surface area contributed by atoms with Crippen molar-refractivity contribution in [1.29, 1.82) is 0 Å². The number of halogens is 2. The molecule has 0 bridgehead atoms. The zero-order chi connectivity index (χ0) is 12.9. The third kappa shape index (κ3) is 1.72. The number of aromatic nitrogens is 1. The van der Waals surface area contributed by atoms with Gasteiger partial charge in [-0.2, -0.15) is 0 Å². The van der Waals surface area contributed by atoms with Crippen LogP contribution in [0.4, 0.5) is 5.69 Å². The lowest BCUT2D eigenvalue weighted by Gasteiger charge is -2.08. The van der Waals surface area contributed by atoms with Crippen LogP contribution in [0.2, 0.25) is 0 Å². The molecule has 0 saturated heterocycles. The number of anilines is 1. The first-order chi connectivity index (χ1) is 8.56. The van der Waals surface area contributed by atoms with Gasteiger partial charge in [0, 0.05) is 4.47 Å². The fourth-order valence-corrected chi connectivity index (χ4v) is 2.58. The van der Waals surface area contributed by atoms with Crippen LogP contribution in [0.5, 0.6) is 0 Å². The molecule has 1 heterocycles. The molecule has 18 heavy (non-hydrogen) atoms. The van der Waals surface area contributed by atoms with E-state index in [2.05, 4.69) is 36.8 Å². The lowest BCUT2D eigenvalue weighted by atomic mass is 10.2. The van der Waals surface area contributed by atoms with Crippen LogP contribution >= 0.6 is 31.9 Å². The molecule has 1 aromatic rings. The van der Waals surface area contributed by atoms with E-state index in [1.165, 1.54) is 6.07 Å². The van der Waals surface area contributed by atoms with Crippen molar-refractivity contribution in [2.24, 2.45) is 0 Å². The highest BCUT2D eigenvalue weighted by atomic mass is 79.9. The average molecular weight is 370 g/mol. The quantitative estimate of drug-likeness (QED) is 0.487. The molecule has 0 unspecified atom stereocenters. The average Bonchev–Trinajstić information content (AvgIpc) is 2.34. The summed E-state index contributed by atoms with van der Waals surface area (Å²) in [5.41, 5.74) is 6.89. The molecule has 0 radical (unpaired) electrons. The summed E-state index contributed by atoms with van der Waals surface area (Å²) < 4.78 is 7.17. The van der Waals surface area contributed by atoms with E-state index >= 15 is 0 Å². The molecule has 0 aromatic heterocycles. The molecule has 0 saturated carbocycles. The minimum Gasteiger partial charge on any atom is -0.451 e. The second-order valence-corrected chi connectivity index (χ2v) is 5.55.